The van der Waals surface area contributed by atoms with Gasteiger partial charge in [0.25, 0.3) is 0 Å². The molecule has 0 radical (unpaired) electrons. The fourth-order valence-electron chi connectivity index (χ4n) is 0.854. The van der Waals surface area contributed by atoms with Crippen molar-refractivity contribution in [1.82, 2.24) is 0 Å². The minimum atomic E-state index is -1.60. The second kappa shape index (κ2) is 11.9. The maximum Gasteiger partial charge on any atom is 0.394 e. The maximum absolute atomic E-state index is 9.32. The third-order valence-electron chi connectivity index (χ3n) is 1.67. The molecule has 0 rings (SSSR count). The Morgan fingerprint density at radius 2 is 1.29 bits per heavy atom. The van der Waals surface area contributed by atoms with Crippen LogP contribution in [0.25, 0.3) is 0 Å². The molecule has 14 heavy (non-hydrogen) atoms. The summed E-state index contributed by atoms with van der Waals surface area (Å²) in [5.41, 5.74) is 4.20. The van der Waals surface area contributed by atoms with Crippen LogP contribution in [-0.4, -0.2) is 17.0 Å². The number of unbranched alkanes of at least 4 members (excludes halogenated alkanes) is 5. The molecule has 4 heteroatoms. The van der Waals surface area contributed by atoms with Crippen LogP contribution in [0.1, 0.15) is 52.4 Å². The number of primary amides is 1. The smallest absolute Gasteiger partial charge is 0.394 e. The van der Waals surface area contributed by atoms with Gasteiger partial charge in [-0.1, -0.05) is 52.4 Å². The van der Waals surface area contributed by atoms with Crippen molar-refractivity contribution >= 4 is 11.9 Å². The number of hydrogen-bond acceptors (Lipinski definition) is 2. The van der Waals surface area contributed by atoms with Gasteiger partial charge in [-0.05, 0) is 0 Å². The van der Waals surface area contributed by atoms with Crippen molar-refractivity contribution in [2.45, 2.75) is 52.4 Å². The predicted octanol–water partition coefficient (Wildman–Crippen LogP) is 1.92. The molecule has 0 aliphatic carbocycles. The highest BCUT2D eigenvalue weighted by atomic mass is 16.4. The minimum absolute atomic E-state index is 1.32. The Morgan fingerprint density at radius 3 is 1.43 bits per heavy atom. The third-order valence-corrected chi connectivity index (χ3v) is 1.67. The van der Waals surface area contributed by atoms with E-state index >= 15 is 0 Å². The largest absolute Gasteiger partial charge is 0.474 e. The van der Waals surface area contributed by atoms with Crippen molar-refractivity contribution in [2.75, 3.05) is 0 Å². The van der Waals surface area contributed by atoms with Gasteiger partial charge in [0, 0.05) is 0 Å². The summed E-state index contributed by atoms with van der Waals surface area (Å²) in [6.45, 7) is 4.51. The summed E-state index contributed by atoms with van der Waals surface area (Å²) >= 11 is 0. The predicted molar refractivity (Wildman–Crippen MR) is 55.9 cm³/mol. The minimum Gasteiger partial charge on any atom is -0.474 e. The topological polar surface area (TPSA) is 80.4 Å². The van der Waals surface area contributed by atoms with Gasteiger partial charge in [0.05, 0.1) is 0 Å². The van der Waals surface area contributed by atoms with E-state index in [1.54, 1.807) is 0 Å². The number of nitrogens with two attached hydrogens (primary N) is 1. The average Bonchev–Trinajstić information content (AvgIpc) is 2.13. The van der Waals surface area contributed by atoms with Gasteiger partial charge in [0.1, 0.15) is 0 Å². The monoisotopic (exact) mass is 203 g/mol. The molecule has 0 atom stereocenters. The number of amides is 1. The fourth-order valence-corrected chi connectivity index (χ4v) is 0.854. The van der Waals surface area contributed by atoms with Crippen molar-refractivity contribution < 1.29 is 14.7 Å². The van der Waals surface area contributed by atoms with Gasteiger partial charge in [-0.2, -0.15) is 0 Å². The standard InChI is InChI=1S/C8H18.C2H3NO3/c1-3-5-7-8-6-4-2;3-1(4)2(5)6/h3-8H2,1-2H3;(H2,3,4)(H,5,6). The van der Waals surface area contributed by atoms with Crippen molar-refractivity contribution in [1.29, 1.82) is 0 Å². The second-order valence-corrected chi connectivity index (χ2v) is 3.08. The highest BCUT2D eigenvalue weighted by molar-refractivity contribution is 6.30. The van der Waals surface area contributed by atoms with Gasteiger partial charge >= 0.3 is 11.9 Å². The molecular formula is C10H21NO3. The molecule has 0 unspecified atom stereocenters. The van der Waals surface area contributed by atoms with E-state index in [1.165, 1.54) is 38.5 Å². The van der Waals surface area contributed by atoms with E-state index in [2.05, 4.69) is 19.6 Å². The van der Waals surface area contributed by atoms with Crippen LogP contribution in [0.2, 0.25) is 0 Å². The molecule has 4 nitrogen and oxygen atoms in total. The molecular weight excluding hydrogens is 182 g/mol. The van der Waals surface area contributed by atoms with Crippen LogP contribution in [-0.2, 0) is 9.59 Å². The van der Waals surface area contributed by atoms with E-state index < -0.39 is 11.9 Å². The Morgan fingerprint density at radius 1 is 1.00 bits per heavy atom. The molecule has 84 valence electrons. The summed E-state index contributed by atoms with van der Waals surface area (Å²) in [7, 11) is 0. The van der Waals surface area contributed by atoms with Gasteiger partial charge in [-0.25, -0.2) is 4.79 Å². The SMILES string of the molecule is CCCCCCCC.NC(=O)C(=O)O. The normalized spacial score (nSPS) is 8.71. The molecule has 0 spiro atoms. The average molecular weight is 203 g/mol. The van der Waals surface area contributed by atoms with Crippen LogP contribution in [0.15, 0.2) is 0 Å². The first-order chi connectivity index (χ1) is 6.56. The molecule has 0 aromatic rings. The zero-order valence-corrected chi connectivity index (χ0v) is 9.08. The molecule has 0 saturated heterocycles. The molecule has 1 amide bonds. The van der Waals surface area contributed by atoms with Crippen LogP contribution in [0, 0.1) is 0 Å². The van der Waals surface area contributed by atoms with Crippen LogP contribution in [0.3, 0.4) is 0 Å². The van der Waals surface area contributed by atoms with Crippen molar-refractivity contribution in [3.05, 3.63) is 0 Å². The summed E-state index contributed by atoms with van der Waals surface area (Å²) in [5.74, 6) is -2.93. The Bertz CT molecular complexity index is 139. The molecule has 0 saturated carbocycles. The summed E-state index contributed by atoms with van der Waals surface area (Å²) in [6.07, 6.45) is 8.49. The molecule has 0 bridgehead atoms. The molecule has 0 aliphatic heterocycles. The summed E-state index contributed by atoms with van der Waals surface area (Å²) in [5, 5.41) is 7.52. The number of carboxylic acids is 1. The van der Waals surface area contributed by atoms with Crippen LogP contribution < -0.4 is 5.73 Å². The lowest BCUT2D eigenvalue weighted by atomic mass is 10.1. The van der Waals surface area contributed by atoms with Crippen LogP contribution in [0.4, 0.5) is 0 Å². The number of hydrogen-bond donors (Lipinski definition) is 2. The van der Waals surface area contributed by atoms with Crippen LogP contribution >= 0.6 is 0 Å². The Balaban J connectivity index is 0. The lowest BCUT2D eigenvalue weighted by Gasteiger charge is -1.93. The molecule has 0 heterocycles. The number of carboxylic acid groups (broad SMARTS) is 1. The lowest BCUT2D eigenvalue weighted by molar-refractivity contribution is -0.148. The first kappa shape index (κ1) is 15.4. The third kappa shape index (κ3) is 17.1. The highest BCUT2D eigenvalue weighted by Gasteiger charge is 2.00. The first-order valence-electron chi connectivity index (χ1n) is 5.08. The highest BCUT2D eigenvalue weighted by Crippen LogP contribution is 2.03. The number of carbonyl (C=O) groups is 2. The van der Waals surface area contributed by atoms with E-state index in [9.17, 15) is 9.59 Å². The Labute approximate surface area is 85.5 Å². The summed E-state index contributed by atoms with van der Waals surface area (Å²) in [6, 6.07) is 0. The van der Waals surface area contributed by atoms with Crippen molar-refractivity contribution in [3.63, 3.8) is 0 Å². The summed E-state index contributed by atoms with van der Waals surface area (Å²) < 4.78 is 0. The number of aliphatic carboxylic acids is 1. The Kier molecular flexibility index (Phi) is 13.1. The molecule has 3 N–H and O–H groups in total. The molecule has 0 aromatic carbocycles. The van der Waals surface area contributed by atoms with E-state index in [4.69, 9.17) is 5.11 Å². The first-order valence-corrected chi connectivity index (χ1v) is 5.08. The van der Waals surface area contributed by atoms with Crippen molar-refractivity contribution in [2.24, 2.45) is 5.73 Å². The van der Waals surface area contributed by atoms with E-state index in [1.807, 2.05) is 0 Å². The van der Waals surface area contributed by atoms with E-state index in [-0.39, 0.29) is 0 Å². The van der Waals surface area contributed by atoms with Gasteiger partial charge in [0.15, 0.2) is 0 Å². The zero-order valence-electron chi connectivity index (χ0n) is 9.08. The van der Waals surface area contributed by atoms with E-state index in [0.29, 0.717) is 0 Å². The zero-order chi connectivity index (χ0) is 11.4. The second-order valence-electron chi connectivity index (χ2n) is 3.08. The Hall–Kier alpha value is -1.06. The quantitative estimate of drug-likeness (QED) is 0.529. The van der Waals surface area contributed by atoms with Crippen LogP contribution in [0.5, 0.6) is 0 Å². The van der Waals surface area contributed by atoms with Gasteiger partial charge in [0.2, 0.25) is 0 Å². The summed E-state index contributed by atoms with van der Waals surface area (Å²) in [4.78, 5) is 18.5. The van der Waals surface area contributed by atoms with Gasteiger partial charge in [-0.15, -0.1) is 0 Å². The molecule has 0 fully saturated rings. The maximum atomic E-state index is 9.32. The van der Waals surface area contributed by atoms with Gasteiger partial charge < -0.3 is 10.8 Å². The molecule has 0 aliphatic rings. The lowest BCUT2D eigenvalue weighted by Crippen LogP contribution is -2.21. The van der Waals surface area contributed by atoms with Crippen molar-refractivity contribution in [3.8, 4) is 0 Å². The van der Waals surface area contributed by atoms with E-state index in [0.717, 1.165) is 0 Å². The van der Waals surface area contributed by atoms with Gasteiger partial charge in [-0.3, -0.25) is 4.79 Å². The number of rotatable bonds is 5. The molecule has 0 aromatic heterocycles. The fraction of sp³-hybridized carbons (Fsp3) is 0.800. The number of carbonyl (C=O) groups excluding carboxylic acids is 1.